The van der Waals surface area contributed by atoms with Crippen molar-refractivity contribution in [3.05, 3.63) is 86.4 Å². The summed E-state index contributed by atoms with van der Waals surface area (Å²) in [6.45, 7) is 1.46. The van der Waals surface area contributed by atoms with Crippen LogP contribution in [0, 0.1) is 0 Å². The summed E-state index contributed by atoms with van der Waals surface area (Å²) in [4.78, 5) is 54.9. The van der Waals surface area contributed by atoms with E-state index in [2.05, 4.69) is 20.9 Å². The van der Waals surface area contributed by atoms with E-state index in [4.69, 9.17) is 17.3 Å². The summed E-state index contributed by atoms with van der Waals surface area (Å²) >= 11 is 5.81. The fraction of sp³-hybridized carbons (Fsp3) is 0.240. The highest BCUT2D eigenvalue weighted by Gasteiger charge is 2.36. The zero-order chi connectivity index (χ0) is 28.5. The molecule has 0 radical (unpaired) electrons. The lowest BCUT2D eigenvalue weighted by Crippen LogP contribution is -2.37. The fourth-order valence-corrected chi connectivity index (χ4v) is 4.33. The normalized spacial score (nSPS) is 16.3. The number of nitrogens with two attached hydrogens (primary N) is 1. The van der Waals surface area contributed by atoms with E-state index in [1.165, 1.54) is 36.4 Å². The van der Waals surface area contributed by atoms with Crippen LogP contribution in [0.25, 0.3) is 0 Å². The van der Waals surface area contributed by atoms with Crippen molar-refractivity contribution < 1.29 is 27.6 Å². The molecule has 1 aliphatic heterocycles. The van der Waals surface area contributed by atoms with Gasteiger partial charge >= 0.3 is 12.2 Å². The Labute approximate surface area is 224 Å². The number of benzene rings is 2. The Morgan fingerprint density at radius 3 is 2.49 bits per heavy atom. The third-order valence-electron chi connectivity index (χ3n) is 6.09. The van der Waals surface area contributed by atoms with Gasteiger partial charge in [0, 0.05) is 23.0 Å². The first kappa shape index (κ1) is 27.6. The van der Waals surface area contributed by atoms with E-state index >= 15 is 0 Å². The van der Waals surface area contributed by atoms with Gasteiger partial charge in [-0.2, -0.15) is 13.2 Å². The summed E-state index contributed by atoms with van der Waals surface area (Å²) < 4.78 is 40.5. The van der Waals surface area contributed by atoms with Gasteiger partial charge in [0.15, 0.2) is 5.82 Å². The molecule has 0 spiro atoms. The first-order valence-corrected chi connectivity index (χ1v) is 12.0. The van der Waals surface area contributed by atoms with E-state index in [-0.39, 0.29) is 47.3 Å². The topological polar surface area (TPSA) is 148 Å². The molecule has 1 aromatic heterocycles. The lowest BCUT2D eigenvalue weighted by molar-refractivity contribution is -0.137. The predicted octanol–water partition coefficient (Wildman–Crippen LogP) is 4.02. The van der Waals surface area contributed by atoms with Crippen LogP contribution in [-0.2, 0) is 17.5 Å². The van der Waals surface area contributed by atoms with Crippen LogP contribution in [0.5, 0.6) is 0 Å². The van der Waals surface area contributed by atoms with Gasteiger partial charge in [-0.05, 0) is 48.4 Å². The molecule has 2 heterocycles. The Balaban J connectivity index is 1.66. The Morgan fingerprint density at radius 2 is 1.85 bits per heavy atom. The zero-order valence-electron chi connectivity index (χ0n) is 20.3. The quantitative estimate of drug-likeness (QED) is 0.356. The van der Waals surface area contributed by atoms with Crippen molar-refractivity contribution in [3.8, 4) is 0 Å². The molecule has 5 N–H and O–H groups in total. The van der Waals surface area contributed by atoms with Crippen LogP contribution in [0.3, 0.4) is 0 Å². The number of anilines is 2. The van der Waals surface area contributed by atoms with Crippen LogP contribution >= 0.6 is 11.6 Å². The van der Waals surface area contributed by atoms with E-state index in [0.29, 0.717) is 5.02 Å². The Morgan fingerprint density at radius 1 is 1.15 bits per heavy atom. The molecule has 39 heavy (non-hydrogen) atoms. The SMILES string of the molecule is CC1CC(C(N)=O)n2c1nc(NC(=O)NC(=O)c1ccc(Cl)cc1)c(NCc1cccc(C(F)(F)F)c1)c2=O. The minimum absolute atomic E-state index is 0.136. The first-order chi connectivity index (χ1) is 18.3. The van der Waals surface area contributed by atoms with Crippen molar-refractivity contribution in [2.45, 2.75) is 38.0 Å². The average molecular weight is 563 g/mol. The second-order valence-electron chi connectivity index (χ2n) is 8.89. The van der Waals surface area contributed by atoms with Gasteiger partial charge in [-0.3, -0.25) is 29.6 Å². The Bertz CT molecular complexity index is 1510. The monoisotopic (exact) mass is 562 g/mol. The highest BCUT2D eigenvalue weighted by Crippen LogP contribution is 2.35. The molecule has 2 unspecified atom stereocenters. The molecule has 0 bridgehead atoms. The molecular weight excluding hydrogens is 541 g/mol. The van der Waals surface area contributed by atoms with Gasteiger partial charge in [0.05, 0.1) is 5.56 Å². The van der Waals surface area contributed by atoms with Crippen LogP contribution in [0.4, 0.5) is 29.5 Å². The fourth-order valence-electron chi connectivity index (χ4n) is 4.20. The van der Waals surface area contributed by atoms with Crippen LogP contribution < -0.4 is 27.2 Å². The number of alkyl halides is 3. The van der Waals surface area contributed by atoms with Crippen molar-refractivity contribution in [2.75, 3.05) is 10.6 Å². The lowest BCUT2D eigenvalue weighted by Gasteiger charge is -2.17. The van der Waals surface area contributed by atoms with Crippen LogP contribution in [-0.4, -0.2) is 27.4 Å². The lowest BCUT2D eigenvalue weighted by atomic mass is 10.1. The summed E-state index contributed by atoms with van der Waals surface area (Å²) in [5.41, 5.74) is 3.85. The van der Waals surface area contributed by atoms with Crippen molar-refractivity contribution in [1.82, 2.24) is 14.9 Å². The van der Waals surface area contributed by atoms with E-state index in [1.807, 2.05) is 0 Å². The summed E-state index contributed by atoms with van der Waals surface area (Å²) in [6, 6.07) is 8.15. The molecule has 2 atom stereocenters. The molecule has 4 rings (SSSR count). The molecule has 4 amide bonds. The van der Waals surface area contributed by atoms with Gasteiger partial charge in [-0.25, -0.2) is 9.78 Å². The third-order valence-corrected chi connectivity index (χ3v) is 6.34. The zero-order valence-corrected chi connectivity index (χ0v) is 21.1. The standard InChI is InChI=1S/C25H22ClF3N6O4/c1-12-9-17(19(30)36)35-21(12)32-20(33-24(39)34-22(37)14-5-7-16(26)8-6-14)18(23(35)38)31-11-13-3-2-4-15(10-13)25(27,28)29/h2-8,10,12,17,31H,9,11H2,1H3,(H2,30,36)(H2,33,34,37,39). The summed E-state index contributed by atoms with van der Waals surface area (Å²) in [5.74, 6) is -2.01. The number of aromatic nitrogens is 2. The maximum atomic E-state index is 13.5. The highest BCUT2D eigenvalue weighted by molar-refractivity contribution is 6.30. The maximum absolute atomic E-state index is 13.5. The van der Waals surface area contributed by atoms with E-state index in [0.717, 1.165) is 16.7 Å². The van der Waals surface area contributed by atoms with E-state index in [1.54, 1.807) is 6.92 Å². The Kier molecular flexibility index (Phi) is 7.63. The third kappa shape index (κ3) is 6.03. The molecule has 0 saturated carbocycles. The van der Waals surface area contributed by atoms with Crippen LogP contribution in [0.15, 0.2) is 53.3 Å². The number of nitrogens with zero attached hydrogens (tertiary/aromatic N) is 2. The minimum Gasteiger partial charge on any atom is -0.373 e. The number of nitrogens with one attached hydrogen (secondary N) is 3. The van der Waals surface area contributed by atoms with Crippen LogP contribution in [0.1, 0.15) is 52.6 Å². The number of halogens is 4. The first-order valence-electron chi connectivity index (χ1n) is 11.6. The number of imide groups is 1. The number of fused-ring (bicyclic) bond motifs is 1. The number of urea groups is 1. The van der Waals surface area contributed by atoms with Gasteiger partial charge in [0.25, 0.3) is 11.5 Å². The number of primary amides is 1. The molecule has 1 aliphatic rings. The molecule has 0 fully saturated rings. The smallest absolute Gasteiger partial charge is 0.373 e. The molecule has 14 heteroatoms. The van der Waals surface area contributed by atoms with E-state index < -0.39 is 41.2 Å². The molecule has 0 saturated heterocycles. The molecule has 3 aromatic rings. The largest absolute Gasteiger partial charge is 0.416 e. The number of rotatable bonds is 6. The summed E-state index contributed by atoms with van der Waals surface area (Å²) in [5, 5.41) is 7.56. The molecule has 204 valence electrons. The Hall–Kier alpha value is -4.39. The van der Waals surface area contributed by atoms with Crippen molar-refractivity contribution in [3.63, 3.8) is 0 Å². The van der Waals surface area contributed by atoms with Gasteiger partial charge in [-0.1, -0.05) is 30.7 Å². The highest BCUT2D eigenvalue weighted by atomic mass is 35.5. The summed E-state index contributed by atoms with van der Waals surface area (Å²) in [7, 11) is 0. The number of hydrogen-bond acceptors (Lipinski definition) is 6. The molecule has 10 nitrogen and oxygen atoms in total. The molecular formula is C25H22ClF3N6O4. The predicted molar refractivity (Wildman–Crippen MR) is 136 cm³/mol. The molecule has 0 aliphatic carbocycles. The minimum atomic E-state index is -4.57. The average Bonchev–Trinajstić information content (AvgIpc) is 3.20. The van der Waals surface area contributed by atoms with Crippen molar-refractivity contribution in [1.29, 1.82) is 0 Å². The second kappa shape index (κ2) is 10.8. The maximum Gasteiger partial charge on any atom is 0.416 e. The van der Waals surface area contributed by atoms with Gasteiger partial charge < -0.3 is 11.1 Å². The number of hydrogen-bond donors (Lipinski definition) is 4. The van der Waals surface area contributed by atoms with Gasteiger partial charge in [0.1, 0.15) is 17.6 Å². The second-order valence-corrected chi connectivity index (χ2v) is 9.33. The number of amides is 4. The summed E-state index contributed by atoms with van der Waals surface area (Å²) in [6.07, 6.45) is -4.38. The molecule has 2 aromatic carbocycles. The number of carbonyl (C=O) groups excluding carboxylic acids is 3. The van der Waals surface area contributed by atoms with Crippen molar-refractivity contribution >= 4 is 41.0 Å². The van der Waals surface area contributed by atoms with Gasteiger partial charge in [0.2, 0.25) is 5.91 Å². The number of carbonyl (C=O) groups is 3. The van der Waals surface area contributed by atoms with Crippen LogP contribution in [0.2, 0.25) is 5.02 Å². The van der Waals surface area contributed by atoms with Crippen molar-refractivity contribution in [2.24, 2.45) is 5.73 Å². The van der Waals surface area contributed by atoms with E-state index in [9.17, 15) is 32.3 Å². The van der Waals surface area contributed by atoms with Gasteiger partial charge in [-0.15, -0.1) is 0 Å².